The van der Waals surface area contributed by atoms with Gasteiger partial charge in [-0.1, -0.05) is 6.07 Å². The molecule has 0 aromatic heterocycles. The molecular formula is C21H22FNO4. The van der Waals surface area contributed by atoms with Crippen molar-refractivity contribution in [2.45, 2.75) is 32.6 Å². The van der Waals surface area contributed by atoms with Gasteiger partial charge in [0.05, 0.1) is 6.61 Å². The average Bonchev–Trinajstić information content (AvgIpc) is 2.65. The number of hydrogen-bond donors (Lipinski definition) is 1. The van der Waals surface area contributed by atoms with Crippen molar-refractivity contribution < 1.29 is 23.5 Å². The van der Waals surface area contributed by atoms with E-state index in [1.54, 1.807) is 19.1 Å². The molecule has 0 saturated heterocycles. The molecule has 0 aliphatic rings. The molecule has 2 N–H and O–H groups in total. The lowest BCUT2D eigenvalue weighted by Crippen LogP contribution is -2.12. The normalized spacial score (nSPS) is 10.4. The molecule has 0 bridgehead atoms. The van der Waals surface area contributed by atoms with Crippen LogP contribution in [0.25, 0.3) is 0 Å². The van der Waals surface area contributed by atoms with Crippen LogP contribution in [0.15, 0.2) is 42.5 Å². The van der Waals surface area contributed by atoms with Gasteiger partial charge in [0.25, 0.3) is 0 Å². The van der Waals surface area contributed by atoms with E-state index >= 15 is 0 Å². The van der Waals surface area contributed by atoms with E-state index in [0.717, 1.165) is 11.1 Å². The third kappa shape index (κ3) is 6.33. The standard InChI is InChI=1S/C21H22FNO4/c1-2-27-20(25)10-4-15-11-14(3-9-19(23)24)12-17(13-15)21(26)16-5-7-18(22)8-6-16/h5-8,11-13H,2-4,9-10H2,1H3,(H2,23,24). The number of primary amides is 1. The van der Waals surface area contributed by atoms with Gasteiger partial charge in [0.1, 0.15) is 5.82 Å². The third-order valence-electron chi connectivity index (χ3n) is 4.00. The SMILES string of the molecule is CCOC(=O)CCc1cc(CCC(N)=O)cc(C(=O)c2ccc(F)cc2)c1. The first kappa shape index (κ1) is 20.3. The van der Waals surface area contributed by atoms with Crippen molar-refractivity contribution >= 4 is 17.7 Å². The fourth-order valence-corrected chi connectivity index (χ4v) is 2.70. The van der Waals surface area contributed by atoms with Crippen LogP contribution in [0.5, 0.6) is 0 Å². The van der Waals surface area contributed by atoms with Crippen LogP contribution >= 0.6 is 0 Å². The Balaban J connectivity index is 2.27. The van der Waals surface area contributed by atoms with Gasteiger partial charge >= 0.3 is 5.97 Å². The lowest BCUT2D eigenvalue weighted by Gasteiger charge is -2.10. The summed E-state index contributed by atoms with van der Waals surface area (Å²) in [5.74, 6) is -1.42. The predicted octanol–water partition coefficient (Wildman–Crippen LogP) is 2.97. The fourth-order valence-electron chi connectivity index (χ4n) is 2.70. The highest BCUT2D eigenvalue weighted by atomic mass is 19.1. The Hall–Kier alpha value is -3.02. The summed E-state index contributed by atoms with van der Waals surface area (Å²) in [7, 11) is 0. The number of halogens is 1. The topological polar surface area (TPSA) is 86.5 Å². The van der Waals surface area contributed by atoms with Crippen LogP contribution in [-0.4, -0.2) is 24.3 Å². The zero-order valence-electron chi connectivity index (χ0n) is 15.2. The van der Waals surface area contributed by atoms with E-state index < -0.39 is 11.7 Å². The Kier molecular flexibility index (Phi) is 7.23. The number of hydrogen-bond acceptors (Lipinski definition) is 4. The molecule has 27 heavy (non-hydrogen) atoms. The number of amides is 1. The molecule has 0 atom stereocenters. The number of esters is 1. The second-order valence-corrected chi connectivity index (χ2v) is 6.15. The van der Waals surface area contributed by atoms with Crippen LogP contribution in [0, 0.1) is 5.82 Å². The largest absolute Gasteiger partial charge is 0.466 e. The molecule has 142 valence electrons. The van der Waals surface area contributed by atoms with Gasteiger partial charge in [-0.05, 0) is 67.3 Å². The molecule has 2 aromatic rings. The zero-order valence-corrected chi connectivity index (χ0v) is 15.2. The van der Waals surface area contributed by atoms with E-state index in [9.17, 15) is 18.8 Å². The monoisotopic (exact) mass is 371 g/mol. The molecule has 0 saturated carbocycles. The van der Waals surface area contributed by atoms with Gasteiger partial charge in [0.2, 0.25) is 5.91 Å². The lowest BCUT2D eigenvalue weighted by atomic mass is 9.95. The minimum atomic E-state index is -0.432. The number of nitrogens with two attached hydrogens (primary N) is 1. The highest BCUT2D eigenvalue weighted by molar-refractivity contribution is 6.09. The molecule has 1 amide bonds. The van der Waals surface area contributed by atoms with Crippen LogP contribution in [-0.2, 0) is 27.2 Å². The number of carbonyl (C=O) groups excluding carboxylic acids is 3. The van der Waals surface area contributed by atoms with Gasteiger partial charge in [0, 0.05) is 24.0 Å². The van der Waals surface area contributed by atoms with Crippen molar-refractivity contribution in [3.8, 4) is 0 Å². The first-order valence-corrected chi connectivity index (χ1v) is 8.76. The summed E-state index contributed by atoms with van der Waals surface area (Å²) < 4.78 is 18.0. The van der Waals surface area contributed by atoms with Crippen LogP contribution < -0.4 is 5.73 Å². The van der Waals surface area contributed by atoms with Gasteiger partial charge in [-0.2, -0.15) is 0 Å². The number of ketones is 1. The van der Waals surface area contributed by atoms with Crippen LogP contribution in [0.1, 0.15) is 46.8 Å². The molecule has 0 aliphatic heterocycles. The first-order valence-electron chi connectivity index (χ1n) is 8.76. The maximum absolute atomic E-state index is 13.1. The van der Waals surface area contributed by atoms with E-state index in [4.69, 9.17) is 10.5 Å². The Morgan fingerprint density at radius 2 is 1.52 bits per heavy atom. The summed E-state index contributed by atoms with van der Waals surface area (Å²) in [5.41, 5.74) is 7.56. The highest BCUT2D eigenvalue weighted by Crippen LogP contribution is 2.18. The van der Waals surface area contributed by atoms with E-state index in [2.05, 4.69) is 0 Å². The maximum Gasteiger partial charge on any atom is 0.306 e. The second-order valence-electron chi connectivity index (χ2n) is 6.15. The van der Waals surface area contributed by atoms with Gasteiger partial charge < -0.3 is 10.5 Å². The van der Waals surface area contributed by atoms with Crippen LogP contribution in [0.3, 0.4) is 0 Å². The van der Waals surface area contributed by atoms with E-state index in [-0.39, 0.29) is 24.6 Å². The van der Waals surface area contributed by atoms with Crippen molar-refractivity contribution in [1.29, 1.82) is 0 Å². The number of carbonyl (C=O) groups is 3. The quantitative estimate of drug-likeness (QED) is 0.542. The summed E-state index contributed by atoms with van der Waals surface area (Å²) in [5, 5.41) is 0. The van der Waals surface area contributed by atoms with Gasteiger partial charge in [0.15, 0.2) is 5.78 Å². The molecule has 2 rings (SSSR count). The Labute approximate surface area is 157 Å². The zero-order chi connectivity index (χ0) is 19.8. The van der Waals surface area contributed by atoms with Gasteiger partial charge in [-0.3, -0.25) is 14.4 Å². The third-order valence-corrected chi connectivity index (χ3v) is 4.00. The van der Waals surface area contributed by atoms with Gasteiger partial charge in [-0.15, -0.1) is 0 Å². The summed E-state index contributed by atoms with van der Waals surface area (Å²) in [6.07, 6.45) is 1.15. The molecule has 0 fully saturated rings. The smallest absolute Gasteiger partial charge is 0.306 e. The number of benzene rings is 2. The highest BCUT2D eigenvalue weighted by Gasteiger charge is 2.13. The Morgan fingerprint density at radius 3 is 2.07 bits per heavy atom. The minimum Gasteiger partial charge on any atom is -0.466 e. The second kappa shape index (κ2) is 9.62. The minimum absolute atomic E-state index is 0.158. The van der Waals surface area contributed by atoms with Crippen LogP contribution in [0.4, 0.5) is 4.39 Å². The Morgan fingerprint density at radius 1 is 0.926 bits per heavy atom. The number of aryl methyl sites for hydroxylation is 2. The molecule has 0 heterocycles. The van der Waals surface area contributed by atoms with Crippen molar-refractivity contribution in [2.24, 2.45) is 5.73 Å². The first-order chi connectivity index (χ1) is 12.9. The maximum atomic E-state index is 13.1. The van der Waals surface area contributed by atoms with E-state index in [0.29, 0.717) is 30.6 Å². The van der Waals surface area contributed by atoms with Crippen molar-refractivity contribution in [1.82, 2.24) is 0 Å². The molecule has 0 radical (unpaired) electrons. The van der Waals surface area contributed by atoms with Crippen molar-refractivity contribution in [3.05, 3.63) is 70.5 Å². The van der Waals surface area contributed by atoms with E-state index in [1.165, 1.54) is 24.3 Å². The number of ether oxygens (including phenoxy) is 1. The lowest BCUT2D eigenvalue weighted by molar-refractivity contribution is -0.143. The number of rotatable bonds is 9. The molecule has 0 aliphatic carbocycles. The molecule has 6 heteroatoms. The molecule has 5 nitrogen and oxygen atoms in total. The van der Waals surface area contributed by atoms with Gasteiger partial charge in [-0.25, -0.2) is 4.39 Å². The van der Waals surface area contributed by atoms with Crippen LogP contribution in [0.2, 0.25) is 0 Å². The predicted molar refractivity (Wildman–Crippen MR) is 98.7 cm³/mol. The molecular weight excluding hydrogens is 349 g/mol. The van der Waals surface area contributed by atoms with Crippen molar-refractivity contribution in [2.75, 3.05) is 6.61 Å². The summed E-state index contributed by atoms with van der Waals surface area (Å²) >= 11 is 0. The molecule has 2 aromatic carbocycles. The van der Waals surface area contributed by atoms with E-state index in [1.807, 2.05) is 6.07 Å². The molecule has 0 spiro atoms. The Bertz CT molecular complexity index is 831. The summed E-state index contributed by atoms with van der Waals surface area (Å²) in [6.45, 7) is 2.05. The fraction of sp³-hybridized carbons (Fsp3) is 0.286. The molecule has 0 unspecified atom stereocenters. The summed E-state index contributed by atoms with van der Waals surface area (Å²) in [6, 6.07) is 10.6. The average molecular weight is 371 g/mol. The summed E-state index contributed by atoms with van der Waals surface area (Å²) in [4.78, 5) is 35.4. The van der Waals surface area contributed by atoms with Crippen molar-refractivity contribution in [3.63, 3.8) is 0 Å².